The van der Waals surface area contributed by atoms with Crippen molar-refractivity contribution >= 4 is 8.32 Å². The van der Waals surface area contributed by atoms with Gasteiger partial charge in [-0.25, -0.2) is 0 Å². The molecule has 0 heterocycles. The Bertz CT molecular complexity index is 311. The first-order valence-electron chi connectivity index (χ1n) is 7.20. The quantitative estimate of drug-likeness (QED) is 0.610. The molecule has 18 heavy (non-hydrogen) atoms. The predicted octanol–water partition coefficient (Wildman–Crippen LogP) is 4.84. The van der Waals surface area contributed by atoms with E-state index in [0.717, 1.165) is 12.8 Å². The Kier molecular flexibility index (Phi) is 6.65. The molecule has 0 N–H and O–H groups in total. The highest BCUT2D eigenvalue weighted by Gasteiger charge is 2.30. The summed E-state index contributed by atoms with van der Waals surface area (Å²) in [5.74, 6) is 0. The third-order valence-electron chi connectivity index (χ3n) is 3.95. The van der Waals surface area contributed by atoms with Gasteiger partial charge in [0.1, 0.15) is 0 Å². The van der Waals surface area contributed by atoms with E-state index in [1.165, 1.54) is 23.7 Å². The van der Waals surface area contributed by atoms with Crippen LogP contribution in [0.25, 0.3) is 0 Å². The fourth-order valence-electron chi connectivity index (χ4n) is 2.38. The lowest BCUT2D eigenvalue weighted by Gasteiger charge is -2.31. The van der Waals surface area contributed by atoms with Gasteiger partial charge in [0.05, 0.1) is 0 Å². The van der Waals surface area contributed by atoms with Gasteiger partial charge in [0.2, 0.25) is 0 Å². The Hall–Kier alpha value is -0.603. The molecule has 2 heteroatoms. The van der Waals surface area contributed by atoms with Crippen molar-refractivity contribution in [3.8, 4) is 0 Å². The maximum absolute atomic E-state index is 6.34. The summed E-state index contributed by atoms with van der Waals surface area (Å²) in [6.45, 7) is 11.0. The first-order valence-corrected chi connectivity index (χ1v) is 9.73. The highest BCUT2D eigenvalue weighted by molar-refractivity contribution is 6.73. The van der Waals surface area contributed by atoms with Gasteiger partial charge in [-0.1, -0.05) is 51.1 Å². The molecule has 0 amide bonds. The van der Waals surface area contributed by atoms with Crippen molar-refractivity contribution in [3.05, 3.63) is 42.8 Å². The van der Waals surface area contributed by atoms with Crippen molar-refractivity contribution in [1.82, 2.24) is 0 Å². The molecule has 1 atom stereocenters. The van der Waals surface area contributed by atoms with E-state index >= 15 is 0 Å². The Balaban J connectivity index is 2.43. The van der Waals surface area contributed by atoms with Gasteiger partial charge < -0.3 is 4.43 Å². The minimum Gasteiger partial charge on any atom is -0.414 e. The number of hydrogen-bond donors (Lipinski definition) is 0. The van der Waals surface area contributed by atoms with Crippen molar-refractivity contribution in [3.63, 3.8) is 0 Å². The summed E-state index contributed by atoms with van der Waals surface area (Å²) in [6.07, 6.45) is 2.24. The first-order chi connectivity index (χ1) is 8.65. The van der Waals surface area contributed by atoms with E-state index in [-0.39, 0.29) is 6.10 Å². The molecule has 0 unspecified atom stereocenters. The van der Waals surface area contributed by atoms with Crippen LogP contribution in [0.15, 0.2) is 30.3 Å². The van der Waals surface area contributed by atoms with Crippen LogP contribution in [0, 0.1) is 6.92 Å². The van der Waals surface area contributed by atoms with E-state index in [2.05, 4.69) is 58.0 Å². The molecule has 1 radical (unpaired) electrons. The fraction of sp³-hybridized carbons (Fsp3) is 0.562. The van der Waals surface area contributed by atoms with Gasteiger partial charge in [-0.2, -0.15) is 0 Å². The summed E-state index contributed by atoms with van der Waals surface area (Å²) in [7, 11) is -1.48. The number of hydrogen-bond acceptors (Lipinski definition) is 1. The summed E-state index contributed by atoms with van der Waals surface area (Å²) in [5, 5.41) is 0. The highest BCUT2D eigenvalue weighted by Crippen LogP contribution is 2.24. The van der Waals surface area contributed by atoms with Crippen molar-refractivity contribution in [2.45, 2.75) is 57.8 Å². The van der Waals surface area contributed by atoms with Crippen LogP contribution >= 0.6 is 0 Å². The molecule has 0 saturated carbocycles. The molecule has 0 aliphatic heterocycles. The molecule has 1 rings (SSSR count). The maximum Gasteiger partial charge on any atom is 0.192 e. The molecule has 101 valence electrons. The van der Waals surface area contributed by atoms with E-state index in [1.807, 2.05) is 0 Å². The zero-order chi connectivity index (χ0) is 13.4. The minimum atomic E-state index is -1.48. The van der Waals surface area contributed by atoms with E-state index in [0.29, 0.717) is 0 Å². The molecule has 0 aromatic heterocycles. The van der Waals surface area contributed by atoms with E-state index < -0.39 is 8.32 Å². The number of aryl methyl sites for hydroxylation is 1. The summed E-state index contributed by atoms with van der Waals surface area (Å²) < 4.78 is 6.34. The first kappa shape index (κ1) is 15.5. The molecule has 0 fully saturated rings. The van der Waals surface area contributed by atoms with Crippen LogP contribution in [-0.2, 0) is 10.8 Å². The Morgan fingerprint density at radius 1 is 1.06 bits per heavy atom. The van der Waals surface area contributed by atoms with Crippen LogP contribution in [0.2, 0.25) is 18.1 Å². The summed E-state index contributed by atoms with van der Waals surface area (Å²) in [4.78, 5) is 0. The molecule has 1 aromatic rings. The average Bonchev–Trinajstić information content (AvgIpc) is 2.44. The van der Waals surface area contributed by atoms with E-state index in [4.69, 9.17) is 4.43 Å². The largest absolute Gasteiger partial charge is 0.414 e. The summed E-state index contributed by atoms with van der Waals surface area (Å²) in [6, 6.07) is 14.2. The zero-order valence-corrected chi connectivity index (χ0v) is 13.1. The van der Waals surface area contributed by atoms with Gasteiger partial charge in [0.15, 0.2) is 8.32 Å². The Labute approximate surface area is 114 Å². The number of rotatable bonds is 8. The van der Waals surface area contributed by atoms with Gasteiger partial charge in [0.25, 0.3) is 0 Å². The second kappa shape index (κ2) is 7.75. The van der Waals surface area contributed by atoms with Crippen LogP contribution in [-0.4, -0.2) is 14.4 Å². The van der Waals surface area contributed by atoms with Crippen LogP contribution in [0.5, 0.6) is 0 Å². The number of benzene rings is 1. The Morgan fingerprint density at radius 2 is 1.61 bits per heavy atom. The van der Waals surface area contributed by atoms with Crippen LogP contribution in [0.3, 0.4) is 0 Å². The third kappa shape index (κ3) is 4.58. The highest BCUT2D eigenvalue weighted by atomic mass is 28.4. The van der Waals surface area contributed by atoms with E-state index in [9.17, 15) is 0 Å². The third-order valence-corrected chi connectivity index (χ3v) is 8.65. The monoisotopic (exact) mass is 263 g/mol. The normalized spacial score (nSPS) is 13.6. The lowest BCUT2D eigenvalue weighted by molar-refractivity contribution is 0.220. The van der Waals surface area contributed by atoms with Gasteiger partial charge >= 0.3 is 0 Å². The fourth-order valence-corrected chi connectivity index (χ4v) is 5.21. The predicted molar refractivity (Wildman–Crippen MR) is 82.2 cm³/mol. The molecule has 0 aliphatic carbocycles. The molecular formula is C16H27OSi. The second-order valence-corrected chi connectivity index (χ2v) is 9.73. The topological polar surface area (TPSA) is 9.23 Å². The second-order valence-electron chi connectivity index (χ2n) is 5.01. The zero-order valence-electron chi connectivity index (χ0n) is 12.1. The lowest BCUT2D eigenvalue weighted by Crippen LogP contribution is -2.39. The van der Waals surface area contributed by atoms with Crippen LogP contribution < -0.4 is 0 Å². The van der Waals surface area contributed by atoms with Crippen molar-refractivity contribution in [1.29, 1.82) is 0 Å². The van der Waals surface area contributed by atoms with Crippen molar-refractivity contribution in [2.75, 3.05) is 0 Å². The molecule has 0 spiro atoms. The maximum atomic E-state index is 6.34. The van der Waals surface area contributed by atoms with Crippen molar-refractivity contribution < 1.29 is 4.43 Å². The van der Waals surface area contributed by atoms with Gasteiger partial charge in [-0.05, 0) is 43.5 Å². The Morgan fingerprint density at radius 3 is 2.11 bits per heavy atom. The average molecular weight is 263 g/mol. The molecule has 1 aromatic carbocycles. The molecule has 0 saturated heterocycles. The minimum absolute atomic E-state index is 0.150. The summed E-state index contributed by atoms with van der Waals surface area (Å²) in [5.41, 5.74) is 1.38. The van der Waals surface area contributed by atoms with Gasteiger partial charge in [-0.15, -0.1) is 0 Å². The van der Waals surface area contributed by atoms with Gasteiger partial charge in [0, 0.05) is 6.10 Å². The molecule has 1 nitrogen and oxygen atoms in total. The SMILES string of the molecule is [CH2][C@@H](CCc1ccccc1)O[Si](CC)(CC)CC. The molecule has 0 aliphatic rings. The standard InChI is InChI=1S/C16H27OSi/c1-5-18(6-2,7-3)17-15(4)13-14-16-11-9-8-10-12-16/h8-12,15H,4-7,13-14H2,1-3H3/t15-/m0/s1. The van der Waals surface area contributed by atoms with E-state index in [1.54, 1.807) is 0 Å². The van der Waals surface area contributed by atoms with Gasteiger partial charge in [-0.3, -0.25) is 0 Å². The van der Waals surface area contributed by atoms with Crippen molar-refractivity contribution in [2.24, 2.45) is 0 Å². The smallest absolute Gasteiger partial charge is 0.192 e. The molecular weight excluding hydrogens is 236 g/mol. The lowest BCUT2D eigenvalue weighted by atomic mass is 10.1. The van der Waals surface area contributed by atoms with Crippen LogP contribution in [0.4, 0.5) is 0 Å². The van der Waals surface area contributed by atoms with Crippen LogP contribution in [0.1, 0.15) is 32.8 Å². The summed E-state index contributed by atoms with van der Waals surface area (Å²) >= 11 is 0. The molecule has 0 bridgehead atoms.